The van der Waals surface area contributed by atoms with Crippen molar-refractivity contribution in [1.82, 2.24) is 0 Å². The Morgan fingerprint density at radius 2 is 2.04 bits per heavy atom. The summed E-state index contributed by atoms with van der Waals surface area (Å²) in [6.45, 7) is 4.78. The van der Waals surface area contributed by atoms with E-state index in [1.54, 1.807) is 18.3 Å². The predicted molar refractivity (Wildman–Crippen MR) is 93.5 cm³/mol. The number of carbonyl (C=O) groups is 1. The van der Waals surface area contributed by atoms with Crippen molar-refractivity contribution in [2.45, 2.75) is 70.8 Å². The van der Waals surface area contributed by atoms with Crippen LogP contribution in [0.5, 0.6) is 0 Å². The van der Waals surface area contributed by atoms with Crippen LogP contribution in [0.15, 0.2) is 11.1 Å². The van der Waals surface area contributed by atoms with E-state index < -0.39 is 0 Å². The minimum Gasteiger partial charge on any atom is -0.393 e. The van der Waals surface area contributed by atoms with E-state index in [4.69, 9.17) is 4.74 Å². The van der Waals surface area contributed by atoms with E-state index in [-0.39, 0.29) is 17.6 Å². The van der Waals surface area contributed by atoms with Crippen molar-refractivity contribution in [2.75, 3.05) is 13.7 Å². The van der Waals surface area contributed by atoms with E-state index in [0.717, 1.165) is 44.9 Å². The average Bonchev–Trinajstić information content (AvgIpc) is 2.89. The molecule has 0 aromatic carbocycles. The molecule has 3 heteroatoms. The Kier molecular flexibility index (Phi) is 3.96. The van der Waals surface area contributed by atoms with Gasteiger partial charge in [-0.25, -0.2) is 0 Å². The summed E-state index contributed by atoms with van der Waals surface area (Å²) in [6.07, 6.45) is 8.25. The summed E-state index contributed by atoms with van der Waals surface area (Å²) in [5.41, 5.74) is 2.86. The maximum Gasteiger partial charge on any atom is 0.139 e. The number of rotatable bonds is 2. The number of ether oxygens (including phenoxy) is 1. The van der Waals surface area contributed by atoms with Gasteiger partial charge in [0.15, 0.2) is 0 Å². The third kappa shape index (κ3) is 2.20. The molecule has 0 bridgehead atoms. The lowest BCUT2D eigenvalue weighted by Crippen LogP contribution is -2.48. The van der Waals surface area contributed by atoms with Gasteiger partial charge in [-0.2, -0.15) is 0 Å². The standard InChI is InChI=1S/C21H32O3/c1-13-10-14-11-21(12-22,24-3)9-7-15(14)16-6-8-20(2)17(19(13)16)4-5-18(20)23/h13,16-17,19,22H,4-12H2,1-3H3/t13-,16?,17?,19?,20+,21?/m1/s1. The molecule has 6 atom stereocenters. The van der Waals surface area contributed by atoms with Gasteiger partial charge in [0.05, 0.1) is 12.2 Å². The van der Waals surface area contributed by atoms with Gasteiger partial charge >= 0.3 is 0 Å². The summed E-state index contributed by atoms with van der Waals surface area (Å²) in [5, 5.41) is 9.83. The highest BCUT2D eigenvalue weighted by Gasteiger charge is 2.57. The molecule has 2 fully saturated rings. The monoisotopic (exact) mass is 332 g/mol. The number of methoxy groups -OCH3 is 1. The Balaban J connectivity index is 1.66. The Bertz CT molecular complexity index is 574. The van der Waals surface area contributed by atoms with E-state index in [9.17, 15) is 9.90 Å². The molecule has 24 heavy (non-hydrogen) atoms. The van der Waals surface area contributed by atoms with Crippen molar-refractivity contribution in [3.8, 4) is 0 Å². The maximum atomic E-state index is 12.5. The van der Waals surface area contributed by atoms with E-state index in [1.165, 1.54) is 6.42 Å². The predicted octanol–water partition coefficient (Wildman–Crippen LogP) is 3.90. The molecule has 0 amide bonds. The van der Waals surface area contributed by atoms with Crippen LogP contribution in [0.25, 0.3) is 0 Å². The first-order valence-electron chi connectivity index (χ1n) is 9.84. The van der Waals surface area contributed by atoms with Crippen LogP contribution < -0.4 is 0 Å². The lowest BCUT2D eigenvalue weighted by molar-refractivity contribution is -0.130. The maximum absolute atomic E-state index is 12.5. The van der Waals surface area contributed by atoms with Gasteiger partial charge in [0.2, 0.25) is 0 Å². The van der Waals surface area contributed by atoms with Gasteiger partial charge in [0, 0.05) is 18.9 Å². The number of ketones is 1. The van der Waals surface area contributed by atoms with Gasteiger partial charge in [-0.05, 0) is 68.6 Å². The molecule has 4 aliphatic rings. The summed E-state index contributed by atoms with van der Waals surface area (Å²) in [7, 11) is 1.74. The van der Waals surface area contributed by atoms with Gasteiger partial charge < -0.3 is 9.84 Å². The average molecular weight is 332 g/mol. The quantitative estimate of drug-likeness (QED) is 0.780. The van der Waals surface area contributed by atoms with Gasteiger partial charge in [0.25, 0.3) is 0 Å². The summed E-state index contributed by atoms with van der Waals surface area (Å²) < 4.78 is 5.72. The molecule has 0 spiro atoms. The fourth-order valence-electron chi connectivity index (χ4n) is 6.85. The van der Waals surface area contributed by atoms with Gasteiger partial charge in [0.1, 0.15) is 5.78 Å². The Morgan fingerprint density at radius 1 is 1.25 bits per heavy atom. The summed E-state index contributed by atoms with van der Waals surface area (Å²) in [5.74, 6) is 3.15. The molecule has 0 radical (unpaired) electrons. The van der Waals surface area contributed by atoms with Crippen molar-refractivity contribution >= 4 is 5.78 Å². The first-order chi connectivity index (χ1) is 11.4. The van der Waals surface area contributed by atoms with E-state index >= 15 is 0 Å². The molecule has 0 saturated heterocycles. The first kappa shape index (κ1) is 16.8. The van der Waals surface area contributed by atoms with E-state index in [2.05, 4.69) is 13.8 Å². The molecule has 3 nitrogen and oxygen atoms in total. The molecular weight excluding hydrogens is 300 g/mol. The van der Waals surface area contributed by atoms with E-state index in [0.29, 0.717) is 29.5 Å². The van der Waals surface area contributed by atoms with Crippen LogP contribution in [-0.4, -0.2) is 30.2 Å². The lowest BCUT2D eigenvalue weighted by atomic mass is 9.51. The van der Waals surface area contributed by atoms with E-state index in [1.807, 2.05) is 0 Å². The molecule has 134 valence electrons. The smallest absolute Gasteiger partial charge is 0.139 e. The number of aliphatic hydroxyl groups is 1. The summed E-state index contributed by atoms with van der Waals surface area (Å²) in [6, 6.07) is 0. The topological polar surface area (TPSA) is 46.5 Å². The third-order valence-corrected chi connectivity index (χ3v) is 8.28. The number of hydrogen-bond acceptors (Lipinski definition) is 3. The normalized spacial score (nSPS) is 48.1. The number of aliphatic hydroxyl groups excluding tert-OH is 1. The Morgan fingerprint density at radius 3 is 2.75 bits per heavy atom. The molecule has 2 saturated carbocycles. The highest BCUT2D eigenvalue weighted by molar-refractivity contribution is 5.87. The Labute approximate surface area is 145 Å². The molecule has 0 heterocycles. The summed E-state index contributed by atoms with van der Waals surface area (Å²) >= 11 is 0. The lowest BCUT2D eigenvalue weighted by Gasteiger charge is -2.53. The van der Waals surface area contributed by atoms with Crippen LogP contribution in [0, 0.1) is 29.1 Å². The number of carbonyl (C=O) groups excluding carboxylic acids is 1. The molecule has 4 rings (SSSR count). The zero-order chi connectivity index (χ0) is 17.1. The fraction of sp³-hybridized carbons (Fsp3) is 0.857. The second kappa shape index (κ2) is 5.67. The minimum atomic E-state index is -0.349. The zero-order valence-electron chi connectivity index (χ0n) is 15.4. The molecule has 0 aromatic rings. The second-order valence-electron chi connectivity index (χ2n) is 9.24. The van der Waals surface area contributed by atoms with Gasteiger partial charge in [-0.3, -0.25) is 4.79 Å². The minimum absolute atomic E-state index is 0.0382. The molecule has 4 unspecified atom stereocenters. The van der Waals surface area contributed by atoms with Crippen molar-refractivity contribution in [3.63, 3.8) is 0 Å². The van der Waals surface area contributed by atoms with Crippen molar-refractivity contribution in [3.05, 3.63) is 11.1 Å². The van der Waals surface area contributed by atoms with Crippen LogP contribution in [-0.2, 0) is 9.53 Å². The van der Waals surface area contributed by atoms with Crippen LogP contribution in [0.4, 0.5) is 0 Å². The fourth-order valence-corrected chi connectivity index (χ4v) is 6.85. The number of hydrogen-bond donors (Lipinski definition) is 1. The van der Waals surface area contributed by atoms with Crippen LogP contribution in [0.2, 0.25) is 0 Å². The first-order valence-corrected chi connectivity index (χ1v) is 9.84. The van der Waals surface area contributed by atoms with Crippen LogP contribution in [0.3, 0.4) is 0 Å². The van der Waals surface area contributed by atoms with Crippen molar-refractivity contribution in [1.29, 1.82) is 0 Å². The Hall–Kier alpha value is -0.670. The number of allylic oxidation sites excluding steroid dienone is 1. The van der Waals surface area contributed by atoms with Gasteiger partial charge in [-0.1, -0.05) is 25.0 Å². The number of fused-ring (bicyclic) bond motifs is 4. The third-order valence-electron chi connectivity index (χ3n) is 8.28. The molecular formula is C21H32O3. The van der Waals surface area contributed by atoms with Crippen LogP contribution >= 0.6 is 0 Å². The SMILES string of the molecule is COC1(CO)CCC2=C(C[C@@H](C)C3C2CC[C@]2(C)C(=O)CCC32)C1. The molecule has 4 aliphatic carbocycles. The van der Waals surface area contributed by atoms with Crippen LogP contribution in [0.1, 0.15) is 65.2 Å². The van der Waals surface area contributed by atoms with Gasteiger partial charge in [-0.15, -0.1) is 0 Å². The highest BCUT2D eigenvalue weighted by atomic mass is 16.5. The number of Topliss-reactive ketones (excluding diaryl/α,β-unsaturated/α-hetero) is 1. The molecule has 0 aliphatic heterocycles. The zero-order valence-corrected chi connectivity index (χ0v) is 15.4. The largest absolute Gasteiger partial charge is 0.393 e. The summed E-state index contributed by atoms with van der Waals surface area (Å²) in [4.78, 5) is 12.5. The molecule has 0 aromatic heterocycles. The molecule has 1 N–H and O–H groups in total. The van der Waals surface area contributed by atoms with Crippen molar-refractivity contribution < 1.29 is 14.6 Å². The second-order valence-corrected chi connectivity index (χ2v) is 9.24. The van der Waals surface area contributed by atoms with Crippen molar-refractivity contribution in [2.24, 2.45) is 29.1 Å². The highest BCUT2D eigenvalue weighted by Crippen LogP contribution is 2.61.